The smallest absolute Gasteiger partial charge is 0.251 e. The lowest BCUT2D eigenvalue weighted by Gasteiger charge is -2.28. The van der Waals surface area contributed by atoms with Gasteiger partial charge in [0.2, 0.25) is 11.2 Å². The molecule has 3 aromatic rings. The molecule has 0 atom stereocenters. The molecule has 6 nitrogen and oxygen atoms in total. The van der Waals surface area contributed by atoms with Gasteiger partial charge in [-0.15, -0.1) is 0 Å². The Labute approximate surface area is 175 Å². The van der Waals surface area contributed by atoms with Crippen molar-refractivity contribution in [2.24, 2.45) is 0 Å². The first-order valence-electron chi connectivity index (χ1n) is 9.97. The van der Waals surface area contributed by atoms with Gasteiger partial charge in [0, 0.05) is 31.8 Å². The quantitative estimate of drug-likeness (QED) is 0.683. The van der Waals surface area contributed by atoms with Gasteiger partial charge in [-0.1, -0.05) is 36.4 Å². The topological polar surface area (TPSA) is 71.8 Å². The van der Waals surface area contributed by atoms with Crippen LogP contribution >= 0.6 is 0 Å². The average molecular weight is 404 g/mol. The Hall–Kier alpha value is -3.38. The fourth-order valence-electron chi connectivity index (χ4n) is 3.59. The molecule has 1 aromatic heterocycles. The molecule has 0 bridgehead atoms. The number of fused-ring (bicyclic) bond motifs is 1. The van der Waals surface area contributed by atoms with Crippen molar-refractivity contribution in [3.63, 3.8) is 0 Å². The Morgan fingerprint density at radius 1 is 1.13 bits per heavy atom. The monoisotopic (exact) mass is 404 g/mol. The van der Waals surface area contributed by atoms with Gasteiger partial charge in [-0.2, -0.15) is 0 Å². The number of amides is 1. The number of nitrogens with zero attached hydrogens (tertiary/aromatic N) is 1. The maximum absolute atomic E-state index is 12.4. The van der Waals surface area contributed by atoms with Gasteiger partial charge in [0.1, 0.15) is 18.6 Å². The maximum atomic E-state index is 12.4. The summed E-state index contributed by atoms with van der Waals surface area (Å²) in [6.45, 7) is 2.60. The van der Waals surface area contributed by atoms with Crippen LogP contribution in [-0.4, -0.2) is 24.4 Å². The van der Waals surface area contributed by atoms with Crippen LogP contribution in [0.15, 0.2) is 70.1 Å². The van der Waals surface area contributed by atoms with E-state index in [2.05, 4.69) is 34.5 Å². The largest absolute Gasteiger partial charge is 0.482 e. The zero-order chi connectivity index (χ0) is 20.9. The van der Waals surface area contributed by atoms with Crippen molar-refractivity contribution in [1.82, 2.24) is 10.2 Å². The average Bonchev–Trinajstić information content (AvgIpc) is 2.78. The van der Waals surface area contributed by atoms with E-state index < -0.39 is 0 Å². The molecule has 1 aliphatic rings. The number of ether oxygens (including phenoxy) is 1. The molecule has 0 saturated carbocycles. The van der Waals surface area contributed by atoms with Crippen molar-refractivity contribution >= 4 is 5.91 Å². The zero-order valence-corrected chi connectivity index (χ0v) is 16.9. The number of nitrogens with one attached hydrogen (secondary N) is 1. The van der Waals surface area contributed by atoms with Crippen molar-refractivity contribution in [1.29, 1.82) is 0 Å². The maximum Gasteiger partial charge on any atom is 0.251 e. The van der Waals surface area contributed by atoms with Crippen molar-refractivity contribution in [2.75, 3.05) is 13.6 Å². The Kier molecular flexibility index (Phi) is 5.95. The number of carbonyl (C=O) groups is 1. The molecule has 30 heavy (non-hydrogen) atoms. The van der Waals surface area contributed by atoms with E-state index in [-0.39, 0.29) is 23.7 Å². The molecule has 0 unspecified atom stereocenters. The second kappa shape index (κ2) is 8.97. The van der Waals surface area contributed by atoms with Gasteiger partial charge in [0.25, 0.3) is 5.91 Å². The van der Waals surface area contributed by atoms with Gasteiger partial charge in [-0.3, -0.25) is 14.5 Å². The van der Waals surface area contributed by atoms with Gasteiger partial charge in [-0.25, -0.2) is 0 Å². The van der Waals surface area contributed by atoms with Crippen LogP contribution in [0, 0.1) is 0 Å². The summed E-state index contributed by atoms with van der Waals surface area (Å²) in [5.41, 5.74) is 3.95. The molecule has 1 N–H and O–H groups in total. The number of benzene rings is 2. The van der Waals surface area contributed by atoms with E-state index in [4.69, 9.17) is 9.15 Å². The highest BCUT2D eigenvalue weighted by Gasteiger charge is 2.17. The van der Waals surface area contributed by atoms with E-state index in [0.29, 0.717) is 17.9 Å². The molecule has 0 spiro atoms. The number of rotatable bonds is 6. The third kappa shape index (κ3) is 4.60. The van der Waals surface area contributed by atoms with Gasteiger partial charge >= 0.3 is 0 Å². The molecular weight excluding hydrogens is 380 g/mol. The molecule has 0 radical (unpaired) electrons. The van der Waals surface area contributed by atoms with E-state index in [0.717, 1.165) is 25.1 Å². The molecule has 2 aromatic carbocycles. The first-order valence-corrected chi connectivity index (χ1v) is 9.97. The number of carbonyl (C=O) groups excluding carboxylic acids is 1. The standard InChI is InChI=1S/C24H24N2O4/c1-25-24(28)19-8-6-17(7-9-19)15-30-23-16-29-21(12-22(23)27)14-26-11-10-18-4-2-3-5-20(18)13-26/h2-9,12,16H,10-11,13-15H2,1H3,(H,25,28). The lowest BCUT2D eigenvalue weighted by atomic mass is 10.00. The zero-order valence-electron chi connectivity index (χ0n) is 16.9. The summed E-state index contributed by atoms with van der Waals surface area (Å²) in [5, 5.41) is 2.58. The van der Waals surface area contributed by atoms with Crippen molar-refractivity contribution < 1.29 is 13.9 Å². The van der Waals surface area contributed by atoms with Gasteiger partial charge in [0.15, 0.2) is 0 Å². The van der Waals surface area contributed by atoms with E-state index in [1.54, 1.807) is 31.3 Å². The molecule has 1 amide bonds. The summed E-state index contributed by atoms with van der Waals surface area (Å²) < 4.78 is 11.3. The van der Waals surface area contributed by atoms with E-state index in [1.165, 1.54) is 23.5 Å². The fraction of sp³-hybridized carbons (Fsp3) is 0.250. The van der Waals surface area contributed by atoms with Gasteiger partial charge in [-0.05, 0) is 35.2 Å². The first-order chi connectivity index (χ1) is 14.6. The Balaban J connectivity index is 1.35. The molecule has 2 heterocycles. The number of hydrogen-bond acceptors (Lipinski definition) is 5. The van der Waals surface area contributed by atoms with E-state index in [1.807, 2.05) is 0 Å². The highest BCUT2D eigenvalue weighted by atomic mass is 16.5. The third-order valence-corrected chi connectivity index (χ3v) is 5.28. The predicted molar refractivity (Wildman–Crippen MR) is 113 cm³/mol. The van der Waals surface area contributed by atoms with Gasteiger partial charge < -0.3 is 14.5 Å². The SMILES string of the molecule is CNC(=O)c1ccc(COc2coc(CN3CCc4ccccc4C3)cc2=O)cc1. The highest BCUT2D eigenvalue weighted by Crippen LogP contribution is 2.20. The molecular formula is C24H24N2O4. The molecule has 0 aliphatic carbocycles. The van der Waals surface area contributed by atoms with Crippen molar-refractivity contribution in [2.45, 2.75) is 26.1 Å². The lowest BCUT2D eigenvalue weighted by Crippen LogP contribution is -2.30. The second-order valence-corrected chi connectivity index (χ2v) is 7.37. The summed E-state index contributed by atoms with van der Waals surface area (Å²) in [6.07, 6.45) is 2.38. The van der Waals surface area contributed by atoms with Crippen LogP contribution < -0.4 is 15.5 Å². The molecule has 6 heteroatoms. The third-order valence-electron chi connectivity index (χ3n) is 5.28. The number of hydrogen-bond donors (Lipinski definition) is 1. The summed E-state index contributed by atoms with van der Waals surface area (Å²) in [6, 6.07) is 17.0. The van der Waals surface area contributed by atoms with E-state index >= 15 is 0 Å². The fourth-order valence-corrected chi connectivity index (χ4v) is 3.59. The minimum absolute atomic E-state index is 0.143. The van der Waals surface area contributed by atoms with Crippen LogP contribution in [0.25, 0.3) is 0 Å². The van der Waals surface area contributed by atoms with Crippen LogP contribution in [0.4, 0.5) is 0 Å². The van der Waals surface area contributed by atoms with Crippen LogP contribution in [0.3, 0.4) is 0 Å². The predicted octanol–water partition coefficient (Wildman–Crippen LogP) is 3.14. The molecule has 154 valence electrons. The molecule has 0 saturated heterocycles. The minimum atomic E-state index is -0.198. The summed E-state index contributed by atoms with van der Waals surface area (Å²) in [5.74, 6) is 0.663. The van der Waals surface area contributed by atoms with Crippen LogP contribution in [0.5, 0.6) is 5.75 Å². The van der Waals surface area contributed by atoms with Crippen molar-refractivity contribution in [3.8, 4) is 5.75 Å². The lowest BCUT2D eigenvalue weighted by molar-refractivity contribution is 0.0963. The van der Waals surface area contributed by atoms with Crippen LogP contribution in [-0.2, 0) is 26.1 Å². The second-order valence-electron chi connectivity index (χ2n) is 7.37. The van der Waals surface area contributed by atoms with Crippen LogP contribution in [0.2, 0.25) is 0 Å². The summed E-state index contributed by atoms with van der Waals surface area (Å²) in [7, 11) is 1.59. The van der Waals surface area contributed by atoms with Crippen LogP contribution in [0.1, 0.15) is 32.8 Å². The van der Waals surface area contributed by atoms with E-state index in [9.17, 15) is 9.59 Å². The molecule has 1 aliphatic heterocycles. The van der Waals surface area contributed by atoms with Crippen molar-refractivity contribution in [3.05, 3.63) is 99.1 Å². The summed E-state index contributed by atoms with van der Waals surface area (Å²) >= 11 is 0. The minimum Gasteiger partial charge on any atom is -0.482 e. The van der Waals surface area contributed by atoms with Gasteiger partial charge in [0.05, 0.1) is 6.54 Å². The molecule has 4 rings (SSSR count). The normalized spacial score (nSPS) is 13.5. The highest BCUT2D eigenvalue weighted by molar-refractivity contribution is 5.93. The summed E-state index contributed by atoms with van der Waals surface area (Å²) in [4.78, 5) is 26.3. The molecule has 0 fully saturated rings. The first kappa shape index (κ1) is 19.9. The Morgan fingerprint density at radius 3 is 2.63 bits per heavy atom. The Bertz CT molecular complexity index is 1090. The Morgan fingerprint density at radius 2 is 1.90 bits per heavy atom.